The van der Waals surface area contributed by atoms with Crippen LogP contribution in [0.3, 0.4) is 0 Å². The van der Waals surface area contributed by atoms with Crippen LogP contribution < -0.4 is 0 Å². The van der Waals surface area contributed by atoms with Gasteiger partial charge in [0.05, 0.1) is 4.83 Å². The Labute approximate surface area is 122 Å². The van der Waals surface area contributed by atoms with Crippen molar-refractivity contribution in [1.82, 2.24) is 0 Å². The van der Waals surface area contributed by atoms with E-state index in [0.29, 0.717) is 22.3 Å². The molecule has 1 unspecified atom stereocenters. The van der Waals surface area contributed by atoms with Crippen molar-refractivity contribution >= 4 is 49.2 Å². The molecule has 17 heavy (non-hydrogen) atoms. The largest absolute Gasteiger partial charge is 0.298 e. The molecule has 0 saturated heterocycles. The van der Waals surface area contributed by atoms with E-state index in [1.807, 2.05) is 6.92 Å². The van der Waals surface area contributed by atoms with Crippen LogP contribution in [0.1, 0.15) is 25.3 Å². The van der Waals surface area contributed by atoms with Crippen LogP contribution in [0.15, 0.2) is 16.6 Å². The highest BCUT2D eigenvalue weighted by Crippen LogP contribution is 2.29. The molecule has 0 aliphatic heterocycles. The number of halogens is 4. The molecule has 0 fully saturated rings. The van der Waals surface area contributed by atoms with Crippen molar-refractivity contribution in [3.05, 3.63) is 33.0 Å². The molecular formula is C12H12Br2ClFO. The zero-order chi connectivity index (χ0) is 13.0. The molecule has 0 spiro atoms. The number of hydrogen-bond donors (Lipinski definition) is 0. The SMILES string of the molecule is CCCC(=O)C(Br)Cc1c(Cl)cc(F)cc1Br. The van der Waals surface area contributed by atoms with Gasteiger partial charge in [-0.15, -0.1) is 0 Å². The van der Waals surface area contributed by atoms with E-state index in [2.05, 4.69) is 31.9 Å². The molecule has 0 heterocycles. The summed E-state index contributed by atoms with van der Waals surface area (Å²) < 4.78 is 13.6. The number of hydrogen-bond acceptors (Lipinski definition) is 1. The van der Waals surface area contributed by atoms with E-state index in [1.54, 1.807) is 0 Å². The Bertz CT molecular complexity index is 400. The molecule has 94 valence electrons. The number of carbonyl (C=O) groups excluding carboxylic acids is 1. The molecule has 1 aromatic carbocycles. The summed E-state index contributed by atoms with van der Waals surface area (Å²) in [6.07, 6.45) is 1.81. The molecule has 1 rings (SSSR count). The van der Waals surface area contributed by atoms with Gasteiger partial charge in [0.15, 0.2) is 0 Å². The third kappa shape index (κ3) is 4.34. The molecule has 0 radical (unpaired) electrons. The second-order valence-electron chi connectivity index (χ2n) is 3.74. The molecule has 1 aromatic rings. The monoisotopic (exact) mass is 384 g/mol. The molecule has 0 saturated carbocycles. The summed E-state index contributed by atoms with van der Waals surface area (Å²) in [5, 5.41) is 0.339. The first-order chi connectivity index (χ1) is 7.95. The summed E-state index contributed by atoms with van der Waals surface area (Å²) in [4.78, 5) is 11.4. The summed E-state index contributed by atoms with van der Waals surface area (Å²) >= 11 is 12.6. The number of rotatable bonds is 5. The maximum Gasteiger partial charge on any atom is 0.146 e. The van der Waals surface area contributed by atoms with Gasteiger partial charge in [0, 0.05) is 15.9 Å². The minimum atomic E-state index is -0.392. The number of ketones is 1. The lowest BCUT2D eigenvalue weighted by Gasteiger charge is -2.11. The van der Waals surface area contributed by atoms with Gasteiger partial charge in [0.2, 0.25) is 0 Å². The first-order valence-electron chi connectivity index (χ1n) is 5.26. The predicted molar refractivity (Wildman–Crippen MR) is 75.4 cm³/mol. The van der Waals surface area contributed by atoms with E-state index < -0.39 is 5.82 Å². The van der Waals surface area contributed by atoms with Gasteiger partial charge in [-0.05, 0) is 30.5 Å². The third-order valence-electron chi connectivity index (χ3n) is 2.33. The highest BCUT2D eigenvalue weighted by Gasteiger charge is 2.18. The second kappa shape index (κ2) is 6.86. The van der Waals surface area contributed by atoms with E-state index in [9.17, 15) is 9.18 Å². The average Bonchev–Trinajstić information content (AvgIpc) is 2.23. The summed E-state index contributed by atoms with van der Waals surface area (Å²) in [6.45, 7) is 1.96. The number of Topliss-reactive ketones (excluding diaryl/α,β-unsaturated/α-hetero) is 1. The lowest BCUT2D eigenvalue weighted by molar-refractivity contribution is -0.118. The molecule has 1 nitrogen and oxygen atoms in total. The van der Waals surface area contributed by atoms with Crippen molar-refractivity contribution in [2.75, 3.05) is 0 Å². The van der Waals surface area contributed by atoms with Crippen molar-refractivity contribution < 1.29 is 9.18 Å². The topological polar surface area (TPSA) is 17.1 Å². The van der Waals surface area contributed by atoms with Gasteiger partial charge in [-0.1, -0.05) is 50.4 Å². The van der Waals surface area contributed by atoms with Gasteiger partial charge in [-0.2, -0.15) is 0 Å². The Kier molecular flexibility index (Phi) is 6.10. The minimum absolute atomic E-state index is 0.139. The Morgan fingerprint density at radius 3 is 2.71 bits per heavy atom. The van der Waals surface area contributed by atoms with Crippen LogP contribution in [0.25, 0.3) is 0 Å². The number of carbonyl (C=O) groups is 1. The van der Waals surface area contributed by atoms with Crippen LogP contribution >= 0.6 is 43.5 Å². The van der Waals surface area contributed by atoms with E-state index in [1.165, 1.54) is 12.1 Å². The fourth-order valence-corrected chi connectivity index (χ4v) is 3.01. The zero-order valence-corrected chi connectivity index (χ0v) is 13.2. The Balaban J connectivity index is 2.85. The van der Waals surface area contributed by atoms with Gasteiger partial charge < -0.3 is 0 Å². The average molecular weight is 386 g/mol. The van der Waals surface area contributed by atoms with Crippen LogP contribution in [0.5, 0.6) is 0 Å². The van der Waals surface area contributed by atoms with Crippen molar-refractivity contribution in [3.63, 3.8) is 0 Å². The lowest BCUT2D eigenvalue weighted by atomic mass is 10.1. The highest BCUT2D eigenvalue weighted by atomic mass is 79.9. The molecule has 0 bridgehead atoms. The third-order valence-corrected chi connectivity index (χ3v) is 4.21. The summed E-state index contributed by atoms with van der Waals surface area (Å²) in [5.41, 5.74) is 0.749. The van der Waals surface area contributed by atoms with Crippen molar-refractivity contribution in [1.29, 1.82) is 0 Å². The maximum absolute atomic E-state index is 13.0. The molecule has 0 aromatic heterocycles. The zero-order valence-electron chi connectivity index (χ0n) is 9.27. The Morgan fingerprint density at radius 1 is 1.53 bits per heavy atom. The van der Waals surface area contributed by atoms with Crippen molar-refractivity contribution in [3.8, 4) is 0 Å². The van der Waals surface area contributed by atoms with Crippen LogP contribution in [-0.4, -0.2) is 10.6 Å². The molecule has 0 aliphatic carbocycles. The summed E-state index contributed by atoms with van der Waals surface area (Å²) in [7, 11) is 0. The molecular weight excluding hydrogens is 374 g/mol. The molecule has 0 N–H and O–H groups in total. The Hall–Kier alpha value is 0.0700. The van der Waals surface area contributed by atoms with Crippen LogP contribution in [0.2, 0.25) is 5.02 Å². The summed E-state index contributed by atoms with van der Waals surface area (Å²) in [6, 6.07) is 2.61. The van der Waals surface area contributed by atoms with E-state index >= 15 is 0 Å². The van der Waals surface area contributed by atoms with Crippen LogP contribution in [0, 0.1) is 5.82 Å². The standard InChI is InChI=1S/C12H12Br2ClFO/c1-2-3-12(17)10(14)6-8-9(13)4-7(16)5-11(8)15/h4-5,10H,2-3,6H2,1H3. The van der Waals surface area contributed by atoms with Crippen molar-refractivity contribution in [2.24, 2.45) is 0 Å². The first-order valence-corrected chi connectivity index (χ1v) is 7.34. The van der Waals surface area contributed by atoms with Crippen LogP contribution in [0.4, 0.5) is 4.39 Å². The molecule has 1 atom stereocenters. The van der Waals surface area contributed by atoms with Gasteiger partial charge in [0.1, 0.15) is 11.6 Å². The Morgan fingerprint density at radius 2 is 2.18 bits per heavy atom. The quantitative estimate of drug-likeness (QED) is 0.657. The van der Waals surface area contributed by atoms with Gasteiger partial charge in [-0.25, -0.2) is 4.39 Å². The predicted octanol–water partition coefficient (Wildman–Crippen LogP) is 4.92. The van der Waals surface area contributed by atoms with Gasteiger partial charge >= 0.3 is 0 Å². The maximum atomic E-state index is 13.0. The van der Waals surface area contributed by atoms with E-state index in [-0.39, 0.29) is 10.6 Å². The molecule has 5 heteroatoms. The van der Waals surface area contributed by atoms with Crippen molar-refractivity contribution in [2.45, 2.75) is 31.0 Å². The van der Waals surface area contributed by atoms with Gasteiger partial charge in [-0.3, -0.25) is 4.79 Å². The van der Waals surface area contributed by atoms with Crippen LogP contribution in [-0.2, 0) is 11.2 Å². The second-order valence-corrected chi connectivity index (χ2v) is 6.10. The number of alkyl halides is 1. The normalized spacial score (nSPS) is 12.5. The molecule has 0 amide bonds. The number of benzene rings is 1. The van der Waals surface area contributed by atoms with Gasteiger partial charge in [0.25, 0.3) is 0 Å². The lowest BCUT2D eigenvalue weighted by Crippen LogP contribution is -2.16. The van der Waals surface area contributed by atoms with E-state index in [4.69, 9.17) is 11.6 Å². The fourth-order valence-electron chi connectivity index (χ4n) is 1.46. The summed E-state index contributed by atoms with van der Waals surface area (Å²) in [5.74, 6) is -0.253. The first kappa shape index (κ1) is 15.1. The smallest absolute Gasteiger partial charge is 0.146 e. The minimum Gasteiger partial charge on any atom is -0.298 e. The highest BCUT2D eigenvalue weighted by molar-refractivity contribution is 9.10. The fraction of sp³-hybridized carbons (Fsp3) is 0.417. The molecule has 0 aliphatic rings. The van der Waals surface area contributed by atoms with E-state index in [0.717, 1.165) is 12.0 Å².